The van der Waals surface area contributed by atoms with E-state index in [1.54, 1.807) is 61.5 Å². The van der Waals surface area contributed by atoms with Crippen molar-refractivity contribution >= 4 is 61.1 Å². The van der Waals surface area contributed by atoms with E-state index >= 15 is 0 Å². The SMILES string of the molecule is Cc1c(N2C(=O)c3ccccc3C2=O)ccc2[nH]c3cc4c(=O)c5ccccc5[nH]c4cc3c(=O)c12. The summed E-state index contributed by atoms with van der Waals surface area (Å²) in [6.45, 7) is 1.73. The summed E-state index contributed by atoms with van der Waals surface area (Å²) < 4.78 is 0. The molecule has 0 saturated carbocycles. The van der Waals surface area contributed by atoms with Crippen LogP contribution >= 0.6 is 0 Å². The van der Waals surface area contributed by atoms with Gasteiger partial charge in [-0.2, -0.15) is 0 Å². The van der Waals surface area contributed by atoms with E-state index in [2.05, 4.69) is 9.97 Å². The molecule has 36 heavy (non-hydrogen) atoms. The van der Waals surface area contributed by atoms with Gasteiger partial charge in [0.25, 0.3) is 11.8 Å². The van der Waals surface area contributed by atoms with Crippen LogP contribution in [0.3, 0.4) is 0 Å². The molecule has 2 amide bonds. The zero-order chi connectivity index (χ0) is 24.7. The molecule has 0 atom stereocenters. The Morgan fingerprint density at radius 3 is 1.86 bits per heavy atom. The molecule has 0 aliphatic carbocycles. The standard InChI is InChI=1S/C29H17N3O4/c1-14-24(32-28(35)15-6-2-3-7-16(15)29(32)36)11-10-21-25(14)27(34)19-13-22-18(12-23(19)31-21)26(33)17-8-4-5-9-20(17)30-22/h2-13H,1H3,(H,30,33)(H,31,34). The van der Waals surface area contributed by atoms with E-state index in [1.807, 2.05) is 18.2 Å². The van der Waals surface area contributed by atoms with Crippen molar-refractivity contribution in [3.63, 3.8) is 0 Å². The minimum atomic E-state index is -0.411. The lowest BCUT2D eigenvalue weighted by Crippen LogP contribution is -2.30. The Kier molecular flexibility index (Phi) is 3.95. The summed E-state index contributed by atoms with van der Waals surface area (Å²) in [6.07, 6.45) is 0. The maximum Gasteiger partial charge on any atom is 0.266 e. The summed E-state index contributed by atoms with van der Waals surface area (Å²) in [7, 11) is 0. The summed E-state index contributed by atoms with van der Waals surface area (Å²) in [6, 6.07) is 20.7. The predicted octanol–water partition coefficient (Wildman–Crippen LogP) is 4.79. The van der Waals surface area contributed by atoms with Crippen LogP contribution in [0.5, 0.6) is 0 Å². The molecule has 0 unspecified atom stereocenters. The molecule has 1 aliphatic rings. The third kappa shape index (κ3) is 2.56. The van der Waals surface area contributed by atoms with Crippen molar-refractivity contribution in [2.45, 2.75) is 6.92 Å². The Morgan fingerprint density at radius 2 is 1.17 bits per heavy atom. The van der Waals surface area contributed by atoms with Crippen molar-refractivity contribution in [1.82, 2.24) is 9.97 Å². The highest BCUT2D eigenvalue weighted by Gasteiger charge is 2.37. The number of hydrogen-bond donors (Lipinski definition) is 2. The monoisotopic (exact) mass is 471 g/mol. The predicted molar refractivity (Wildman–Crippen MR) is 140 cm³/mol. The molecule has 7 rings (SSSR count). The molecule has 6 aromatic rings. The number of fused-ring (bicyclic) bond motifs is 5. The number of carbonyl (C=O) groups is 2. The summed E-state index contributed by atoms with van der Waals surface area (Å²) in [5, 5.41) is 1.85. The number of aromatic amines is 2. The lowest BCUT2D eigenvalue weighted by Gasteiger charge is -2.18. The number of aryl methyl sites for hydroxylation is 1. The highest BCUT2D eigenvalue weighted by Crippen LogP contribution is 2.33. The molecule has 0 spiro atoms. The fourth-order valence-electron chi connectivity index (χ4n) is 5.29. The second kappa shape index (κ2) is 6.99. The van der Waals surface area contributed by atoms with E-state index in [4.69, 9.17) is 0 Å². The van der Waals surface area contributed by atoms with Gasteiger partial charge in [-0.05, 0) is 61.0 Å². The first-order valence-corrected chi connectivity index (χ1v) is 11.5. The number of anilines is 1. The van der Waals surface area contributed by atoms with Crippen LogP contribution in [-0.4, -0.2) is 21.8 Å². The zero-order valence-electron chi connectivity index (χ0n) is 19.0. The fourth-order valence-corrected chi connectivity index (χ4v) is 5.29. The summed E-state index contributed by atoms with van der Waals surface area (Å²) >= 11 is 0. The third-order valence-electron chi connectivity index (χ3n) is 7.06. The normalized spacial score (nSPS) is 13.4. The van der Waals surface area contributed by atoms with E-state index < -0.39 is 11.8 Å². The first-order valence-electron chi connectivity index (χ1n) is 11.5. The number of nitrogens with zero attached hydrogens (tertiary/aromatic N) is 1. The maximum atomic E-state index is 13.7. The fraction of sp³-hybridized carbons (Fsp3) is 0.0345. The second-order valence-electron chi connectivity index (χ2n) is 9.02. The molecule has 4 aromatic carbocycles. The number of carbonyl (C=O) groups excluding carboxylic acids is 2. The topological polar surface area (TPSA) is 103 Å². The number of para-hydroxylation sites is 1. The summed E-state index contributed by atoms with van der Waals surface area (Å²) in [5.41, 5.74) is 3.58. The van der Waals surface area contributed by atoms with Crippen molar-refractivity contribution in [3.8, 4) is 0 Å². The van der Waals surface area contributed by atoms with E-state index in [9.17, 15) is 19.2 Å². The number of nitrogens with one attached hydrogen (secondary N) is 2. The minimum Gasteiger partial charge on any atom is -0.354 e. The van der Waals surface area contributed by atoms with Crippen molar-refractivity contribution < 1.29 is 9.59 Å². The molecule has 0 fully saturated rings. The molecule has 3 heterocycles. The molecule has 172 valence electrons. The van der Waals surface area contributed by atoms with Gasteiger partial charge in [0.1, 0.15) is 0 Å². The smallest absolute Gasteiger partial charge is 0.266 e. The van der Waals surface area contributed by atoms with Gasteiger partial charge in [-0.15, -0.1) is 0 Å². The lowest BCUT2D eigenvalue weighted by molar-refractivity contribution is 0.0926. The first-order chi connectivity index (χ1) is 17.4. The van der Waals surface area contributed by atoms with Gasteiger partial charge in [0.2, 0.25) is 0 Å². The van der Waals surface area contributed by atoms with Gasteiger partial charge >= 0.3 is 0 Å². The zero-order valence-corrected chi connectivity index (χ0v) is 19.0. The van der Waals surface area contributed by atoms with Crippen molar-refractivity contribution in [2.75, 3.05) is 4.90 Å². The van der Waals surface area contributed by atoms with E-state index in [0.717, 1.165) is 4.90 Å². The van der Waals surface area contributed by atoms with E-state index in [0.29, 0.717) is 66.0 Å². The maximum absolute atomic E-state index is 13.7. The average Bonchev–Trinajstić information content (AvgIpc) is 3.14. The lowest BCUT2D eigenvalue weighted by atomic mass is 10.0. The number of benzene rings is 4. The van der Waals surface area contributed by atoms with Crippen LogP contribution in [0, 0.1) is 6.92 Å². The van der Waals surface area contributed by atoms with Crippen molar-refractivity contribution in [1.29, 1.82) is 0 Å². The Balaban J connectivity index is 1.50. The van der Waals surface area contributed by atoms with Crippen LogP contribution in [0.1, 0.15) is 26.3 Å². The average molecular weight is 471 g/mol. The molecule has 2 aromatic heterocycles. The number of rotatable bonds is 1. The van der Waals surface area contributed by atoms with Gasteiger partial charge in [0.15, 0.2) is 10.9 Å². The van der Waals surface area contributed by atoms with Crippen molar-refractivity contribution in [3.05, 3.63) is 110 Å². The highest BCUT2D eigenvalue weighted by atomic mass is 16.2. The highest BCUT2D eigenvalue weighted by molar-refractivity contribution is 6.35. The van der Waals surface area contributed by atoms with Crippen LogP contribution in [0.2, 0.25) is 0 Å². The molecule has 7 heteroatoms. The Labute approximate surface area is 202 Å². The Bertz CT molecular complexity index is 2070. The summed E-state index contributed by atoms with van der Waals surface area (Å²) in [4.78, 5) is 60.6. The van der Waals surface area contributed by atoms with Gasteiger partial charge in [0, 0.05) is 21.7 Å². The largest absolute Gasteiger partial charge is 0.354 e. The molecule has 7 nitrogen and oxygen atoms in total. The molecule has 1 aliphatic heterocycles. The van der Waals surface area contributed by atoms with Gasteiger partial charge in [0.05, 0.1) is 38.8 Å². The third-order valence-corrected chi connectivity index (χ3v) is 7.06. The molecular formula is C29H17N3O4. The van der Waals surface area contributed by atoms with Crippen LogP contribution in [-0.2, 0) is 0 Å². The van der Waals surface area contributed by atoms with Gasteiger partial charge < -0.3 is 9.97 Å². The molecule has 0 saturated heterocycles. The Morgan fingerprint density at radius 1 is 0.583 bits per heavy atom. The number of aromatic nitrogens is 2. The van der Waals surface area contributed by atoms with Gasteiger partial charge in [-0.3, -0.25) is 19.2 Å². The number of imide groups is 1. The summed E-state index contributed by atoms with van der Waals surface area (Å²) in [5.74, 6) is -0.823. The van der Waals surface area contributed by atoms with Crippen LogP contribution in [0.25, 0.3) is 43.6 Å². The molecular weight excluding hydrogens is 454 g/mol. The Hall–Kier alpha value is -5.04. The minimum absolute atomic E-state index is 0.112. The quantitative estimate of drug-likeness (QED) is 0.266. The number of pyridine rings is 2. The van der Waals surface area contributed by atoms with Crippen molar-refractivity contribution in [2.24, 2.45) is 0 Å². The van der Waals surface area contributed by atoms with Crippen LogP contribution < -0.4 is 15.8 Å². The van der Waals surface area contributed by atoms with Gasteiger partial charge in [-0.1, -0.05) is 24.3 Å². The number of H-pyrrole nitrogens is 2. The molecule has 0 bridgehead atoms. The molecule has 2 N–H and O–H groups in total. The number of hydrogen-bond acceptors (Lipinski definition) is 4. The number of amides is 2. The molecule has 0 radical (unpaired) electrons. The second-order valence-corrected chi connectivity index (χ2v) is 9.02. The van der Waals surface area contributed by atoms with Crippen LogP contribution in [0.15, 0.2) is 82.4 Å². The van der Waals surface area contributed by atoms with E-state index in [-0.39, 0.29) is 10.9 Å². The van der Waals surface area contributed by atoms with E-state index in [1.165, 1.54) is 0 Å². The first kappa shape index (κ1) is 20.3. The van der Waals surface area contributed by atoms with Crippen LogP contribution in [0.4, 0.5) is 5.69 Å². The van der Waals surface area contributed by atoms with Gasteiger partial charge in [-0.25, -0.2) is 4.90 Å².